The predicted octanol–water partition coefficient (Wildman–Crippen LogP) is 17.0. The average molecular weight is 875 g/mol. The lowest BCUT2D eigenvalue weighted by molar-refractivity contribution is -0.166. The first-order valence-electron chi connectivity index (χ1n) is 25.7. The summed E-state index contributed by atoms with van der Waals surface area (Å²) < 4.78 is 16.7. The van der Waals surface area contributed by atoms with Crippen LogP contribution >= 0.6 is 0 Å². The number of ether oxygens (including phenoxy) is 3. The molecule has 0 aliphatic heterocycles. The summed E-state index contributed by atoms with van der Waals surface area (Å²) in [7, 11) is 0. The van der Waals surface area contributed by atoms with Gasteiger partial charge in [-0.2, -0.15) is 0 Å². The standard InChI is InChI=1S/C57H94O6/c1-4-7-10-13-16-19-22-24-26-28-29-30-32-33-35-38-41-44-47-50-56(59)62-53-54(52-61-55(58)49-46-43-40-37-21-18-15-12-9-6-3)63-57(60)51-48-45-42-39-36-34-31-27-25-23-20-17-14-11-8-5-2/h7-8,10-11,16-17,19-20,24-27,34,36,42,45,54H,4-6,9,12-15,18,21-23,28-33,35,37-41,43-44,46-53H2,1-3H3/b10-7-,11-8-,19-16-,20-17-,26-24-,27-25-,36-34-,45-42-. The fourth-order valence-electron chi connectivity index (χ4n) is 6.80. The molecule has 0 aliphatic carbocycles. The Morgan fingerprint density at radius 3 is 1.03 bits per heavy atom. The molecule has 0 saturated carbocycles. The van der Waals surface area contributed by atoms with Gasteiger partial charge in [-0.3, -0.25) is 14.4 Å². The molecule has 0 amide bonds. The van der Waals surface area contributed by atoms with Crippen LogP contribution in [-0.4, -0.2) is 37.2 Å². The van der Waals surface area contributed by atoms with Gasteiger partial charge < -0.3 is 14.2 Å². The molecule has 0 N–H and O–H groups in total. The molecule has 1 unspecified atom stereocenters. The van der Waals surface area contributed by atoms with E-state index in [2.05, 4.69) is 106 Å². The lowest BCUT2D eigenvalue weighted by atomic mass is 10.1. The number of hydrogen-bond acceptors (Lipinski definition) is 6. The van der Waals surface area contributed by atoms with E-state index in [1.54, 1.807) is 0 Å². The monoisotopic (exact) mass is 875 g/mol. The van der Waals surface area contributed by atoms with Crippen LogP contribution in [0.4, 0.5) is 0 Å². The van der Waals surface area contributed by atoms with Gasteiger partial charge in [-0.1, -0.05) is 221 Å². The Morgan fingerprint density at radius 2 is 0.651 bits per heavy atom. The Hall–Kier alpha value is -3.67. The van der Waals surface area contributed by atoms with Crippen molar-refractivity contribution in [1.29, 1.82) is 0 Å². The number of hydrogen-bond donors (Lipinski definition) is 0. The van der Waals surface area contributed by atoms with E-state index in [1.807, 2.05) is 12.2 Å². The molecule has 0 heterocycles. The number of rotatable bonds is 45. The van der Waals surface area contributed by atoms with Gasteiger partial charge in [0.1, 0.15) is 13.2 Å². The van der Waals surface area contributed by atoms with Crippen molar-refractivity contribution in [3.63, 3.8) is 0 Å². The largest absolute Gasteiger partial charge is 0.462 e. The SMILES string of the molecule is CC/C=C\C/C=C\C/C=C\C/C=C\C/C=C\CCC(=O)OC(COC(=O)CCCCCCCCCCCC)COC(=O)CCCCCCCCCCC/C=C\C/C=C\C/C=C\CC. The highest BCUT2D eigenvalue weighted by Gasteiger charge is 2.19. The Balaban J connectivity index is 4.44. The molecule has 0 aromatic heterocycles. The van der Waals surface area contributed by atoms with Crippen LogP contribution in [0.5, 0.6) is 0 Å². The topological polar surface area (TPSA) is 78.9 Å². The fourth-order valence-corrected chi connectivity index (χ4v) is 6.80. The van der Waals surface area contributed by atoms with Crippen LogP contribution < -0.4 is 0 Å². The van der Waals surface area contributed by atoms with Gasteiger partial charge in [0.25, 0.3) is 0 Å². The molecule has 0 aromatic carbocycles. The zero-order valence-electron chi connectivity index (χ0n) is 40.8. The lowest BCUT2D eigenvalue weighted by Gasteiger charge is -2.18. The number of esters is 3. The molecule has 0 bridgehead atoms. The number of unbranched alkanes of at least 4 members (excludes halogenated alkanes) is 18. The first-order chi connectivity index (χ1) is 31.0. The minimum Gasteiger partial charge on any atom is -0.462 e. The highest BCUT2D eigenvalue weighted by molar-refractivity contribution is 5.71. The van der Waals surface area contributed by atoms with Gasteiger partial charge in [-0.25, -0.2) is 0 Å². The van der Waals surface area contributed by atoms with Crippen molar-refractivity contribution in [2.45, 2.75) is 232 Å². The van der Waals surface area contributed by atoms with E-state index in [0.29, 0.717) is 19.3 Å². The fraction of sp³-hybridized carbons (Fsp3) is 0.667. The smallest absolute Gasteiger partial charge is 0.306 e. The molecule has 0 aromatic rings. The van der Waals surface area contributed by atoms with Gasteiger partial charge in [0.15, 0.2) is 6.10 Å². The Bertz CT molecular complexity index is 1280. The van der Waals surface area contributed by atoms with Crippen molar-refractivity contribution in [2.24, 2.45) is 0 Å². The van der Waals surface area contributed by atoms with E-state index < -0.39 is 12.1 Å². The molecule has 6 heteroatoms. The van der Waals surface area contributed by atoms with E-state index in [4.69, 9.17) is 14.2 Å². The molecule has 1 atom stereocenters. The second-order valence-corrected chi connectivity index (χ2v) is 16.7. The minimum atomic E-state index is -0.817. The average Bonchev–Trinajstić information content (AvgIpc) is 3.28. The van der Waals surface area contributed by atoms with E-state index in [1.165, 1.54) is 89.9 Å². The quantitative estimate of drug-likeness (QED) is 0.0262. The van der Waals surface area contributed by atoms with Crippen LogP contribution in [0.2, 0.25) is 0 Å². The summed E-state index contributed by atoms with van der Waals surface area (Å²) in [6, 6.07) is 0. The van der Waals surface area contributed by atoms with E-state index in [0.717, 1.165) is 89.9 Å². The summed E-state index contributed by atoms with van der Waals surface area (Å²) in [5, 5.41) is 0. The van der Waals surface area contributed by atoms with Crippen molar-refractivity contribution in [3.05, 3.63) is 97.2 Å². The predicted molar refractivity (Wildman–Crippen MR) is 270 cm³/mol. The zero-order valence-corrected chi connectivity index (χ0v) is 40.8. The summed E-state index contributed by atoms with van der Waals surface area (Å²) in [6.07, 6.45) is 66.9. The Kier molecular flexibility index (Phi) is 48.0. The van der Waals surface area contributed by atoms with Gasteiger partial charge in [0, 0.05) is 19.3 Å². The van der Waals surface area contributed by atoms with Crippen LogP contribution in [0, 0.1) is 0 Å². The number of carbonyl (C=O) groups is 3. The Morgan fingerprint density at radius 1 is 0.333 bits per heavy atom. The summed E-state index contributed by atoms with van der Waals surface area (Å²) >= 11 is 0. The highest BCUT2D eigenvalue weighted by atomic mass is 16.6. The van der Waals surface area contributed by atoms with E-state index >= 15 is 0 Å². The molecular weight excluding hydrogens is 781 g/mol. The molecule has 0 spiro atoms. The normalized spacial score (nSPS) is 12.9. The molecule has 0 fully saturated rings. The third-order valence-corrected chi connectivity index (χ3v) is 10.6. The van der Waals surface area contributed by atoms with Crippen LogP contribution in [0.1, 0.15) is 226 Å². The first-order valence-corrected chi connectivity index (χ1v) is 25.7. The maximum absolute atomic E-state index is 12.7. The molecule has 6 nitrogen and oxygen atoms in total. The van der Waals surface area contributed by atoms with Gasteiger partial charge >= 0.3 is 17.9 Å². The molecular formula is C57H94O6. The molecule has 358 valence electrons. The Labute approximate surface area is 387 Å². The summed E-state index contributed by atoms with van der Waals surface area (Å²) in [6.45, 7) is 6.33. The van der Waals surface area contributed by atoms with Gasteiger partial charge in [-0.15, -0.1) is 0 Å². The molecule has 63 heavy (non-hydrogen) atoms. The number of allylic oxidation sites excluding steroid dienone is 16. The maximum atomic E-state index is 12.7. The van der Waals surface area contributed by atoms with Crippen LogP contribution in [-0.2, 0) is 28.6 Å². The first kappa shape index (κ1) is 59.3. The van der Waals surface area contributed by atoms with Crippen molar-refractivity contribution < 1.29 is 28.6 Å². The second kappa shape index (κ2) is 51.0. The summed E-state index contributed by atoms with van der Waals surface area (Å²) in [5.74, 6) is -1.00. The van der Waals surface area contributed by atoms with E-state index in [-0.39, 0.29) is 31.6 Å². The van der Waals surface area contributed by atoms with Crippen LogP contribution in [0.15, 0.2) is 97.2 Å². The van der Waals surface area contributed by atoms with Gasteiger partial charge in [0.2, 0.25) is 0 Å². The summed E-state index contributed by atoms with van der Waals surface area (Å²) in [5.41, 5.74) is 0. The maximum Gasteiger partial charge on any atom is 0.306 e. The third-order valence-electron chi connectivity index (χ3n) is 10.6. The highest BCUT2D eigenvalue weighted by Crippen LogP contribution is 2.14. The van der Waals surface area contributed by atoms with Gasteiger partial charge in [0.05, 0.1) is 0 Å². The van der Waals surface area contributed by atoms with E-state index in [9.17, 15) is 14.4 Å². The molecule has 0 aliphatic rings. The molecule has 0 radical (unpaired) electrons. The van der Waals surface area contributed by atoms with Crippen molar-refractivity contribution in [2.75, 3.05) is 13.2 Å². The minimum absolute atomic E-state index is 0.108. The van der Waals surface area contributed by atoms with Gasteiger partial charge in [-0.05, 0) is 83.5 Å². The zero-order chi connectivity index (χ0) is 45.8. The third kappa shape index (κ3) is 49.2. The van der Waals surface area contributed by atoms with Crippen LogP contribution in [0.3, 0.4) is 0 Å². The van der Waals surface area contributed by atoms with Crippen molar-refractivity contribution in [1.82, 2.24) is 0 Å². The molecule has 0 rings (SSSR count). The summed E-state index contributed by atoms with van der Waals surface area (Å²) in [4.78, 5) is 37.9. The van der Waals surface area contributed by atoms with Crippen molar-refractivity contribution in [3.8, 4) is 0 Å². The van der Waals surface area contributed by atoms with Crippen molar-refractivity contribution >= 4 is 17.9 Å². The van der Waals surface area contributed by atoms with Crippen LogP contribution in [0.25, 0.3) is 0 Å². The second-order valence-electron chi connectivity index (χ2n) is 16.7. The lowest BCUT2D eigenvalue weighted by Crippen LogP contribution is -2.30. The molecule has 0 saturated heterocycles. The number of carbonyl (C=O) groups excluding carboxylic acids is 3.